The fraction of sp³-hybridized carbons (Fsp3) is 0.138. The maximum absolute atomic E-state index is 5.95. The Morgan fingerprint density at radius 1 is 0.895 bits per heavy atom. The van der Waals surface area contributed by atoms with Crippen molar-refractivity contribution in [1.29, 1.82) is 0 Å². The zero-order valence-corrected chi connectivity index (χ0v) is 22.8. The highest BCUT2D eigenvalue weighted by molar-refractivity contribution is 7.80. The Hall–Kier alpha value is -3.56. The van der Waals surface area contributed by atoms with Gasteiger partial charge in [0, 0.05) is 46.6 Å². The second-order valence-corrected chi connectivity index (χ2v) is 11.1. The molecule has 0 aliphatic carbocycles. The van der Waals surface area contributed by atoms with Crippen molar-refractivity contribution < 1.29 is 0 Å². The molecule has 6 nitrogen and oxygen atoms in total. The van der Waals surface area contributed by atoms with E-state index in [9.17, 15) is 0 Å². The Morgan fingerprint density at radius 2 is 1.58 bits per heavy atom. The summed E-state index contributed by atoms with van der Waals surface area (Å²) in [6.07, 6.45) is 2.64. The summed E-state index contributed by atoms with van der Waals surface area (Å²) in [6, 6.07) is 26.1. The fourth-order valence-electron chi connectivity index (χ4n) is 4.65. The molecule has 9 heteroatoms. The Kier molecular flexibility index (Phi) is 7.20. The number of nitrogens with one attached hydrogen (secondary N) is 3. The molecule has 3 heterocycles. The number of hydrogen-bond donors (Lipinski definition) is 3. The second kappa shape index (κ2) is 11.0. The van der Waals surface area contributed by atoms with Crippen LogP contribution in [-0.2, 0) is 19.5 Å². The number of thiophene rings is 1. The van der Waals surface area contributed by atoms with Gasteiger partial charge in [0.1, 0.15) is 17.0 Å². The molecule has 1 aliphatic heterocycles. The summed E-state index contributed by atoms with van der Waals surface area (Å²) in [5, 5.41) is 12.2. The first-order valence-corrected chi connectivity index (χ1v) is 13.9. The molecule has 190 valence electrons. The van der Waals surface area contributed by atoms with Gasteiger partial charge in [-0.1, -0.05) is 41.9 Å². The van der Waals surface area contributed by atoms with Crippen LogP contribution in [-0.4, -0.2) is 26.5 Å². The standard InChI is InChI=1S/C29H25ClN6S2/c30-20-6-8-22(9-7-20)34-29(37)35-23-12-10-21(11-13-23)33-27-26-24-14-15-36(16-19-4-2-1-3-5-19)17-25(24)38-28(26)32-18-31-27/h1-13,18H,14-17H2,(H,31,32,33)(H2,34,35,37). The molecule has 1 aliphatic rings. The minimum absolute atomic E-state index is 0.511. The molecule has 0 saturated heterocycles. The van der Waals surface area contributed by atoms with Crippen LogP contribution in [0.1, 0.15) is 16.0 Å². The Bertz CT molecular complexity index is 1570. The molecule has 0 radical (unpaired) electrons. The number of benzene rings is 3. The zero-order chi connectivity index (χ0) is 25.9. The van der Waals surface area contributed by atoms with Crippen LogP contribution in [0, 0.1) is 0 Å². The van der Waals surface area contributed by atoms with Crippen LogP contribution in [0.2, 0.25) is 5.02 Å². The SMILES string of the molecule is S=C(Nc1ccc(Cl)cc1)Nc1ccc(Nc2ncnc3sc4c(c23)CCN(Cc2ccccc2)C4)cc1. The fourth-order valence-corrected chi connectivity index (χ4v) is 6.24. The summed E-state index contributed by atoms with van der Waals surface area (Å²) < 4.78 is 0. The van der Waals surface area contributed by atoms with Crippen molar-refractivity contribution in [3.8, 4) is 0 Å². The predicted octanol–water partition coefficient (Wildman–Crippen LogP) is 7.46. The molecule has 0 fully saturated rings. The second-order valence-electron chi connectivity index (χ2n) is 9.14. The maximum Gasteiger partial charge on any atom is 0.175 e. The third kappa shape index (κ3) is 5.63. The summed E-state index contributed by atoms with van der Waals surface area (Å²) in [5.41, 5.74) is 5.43. The summed E-state index contributed by atoms with van der Waals surface area (Å²) >= 11 is 13.2. The molecule has 0 bridgehead atoms. The van der Waals surface area contributed by atoms with Gasteiger partial charge in [0.05, 0.1) is 5.39 Å². The van der Waals surface area contributed by atoms with Crippen LogP contribution >= 0.6 is 35.2 Å². The average molecular weight is 557 g/mol. The highest BCUT2D eigenvalue weighted by Crippen LogP contribution is 2.38. The van der Waals surface area contributed by atoms with E-state index >= 15 is 0 Å². The average Bonchev–Trinajstić information content (AvgIpc) is 3.30. The molecule has 3 N–H and O–H groups in total. The lowest BCUT2D eigenvalue weighted by Crippen LogP contribution is -2.29. The molecule has 0 saturated carbocycles. The molecular weight excluding hydrogens is 532 g/mol. The molecule has 0 atom stereocenters. The van der Waals surface area contributed by atoms with Gasteiger partial charge in [-0.15, -0.1) is 11.3 Å². The van der Waals surface area contributed by atoms with Crippen LogP contribution in [0.15, 0.2) is 85.2 Å². The van der Waals surface area contributed by atoms with Crippen LogP contribution in [0.5, 0.6) is 0 Å². The molecule has 0 unspecified atom stereocenters. The lowest BCUT2D eigenvalue weighted by atomic mass is 10.0. The summed E-state index contributed by atoms with van der Waals surface area (Å²) in [4.78, 5) is 14.1. The Balaban J connectivity index is 1.14. The Labute approximate surface area is 235 Å². The smallest absolute Gasteiger partial charge is 0.175 e. The number of anilines is 4. The predicted molar refractivity (Wildman–Crippen MR) is 163 cm³/mol. The first-order chi connectivity index (χ1) is 18.6. The first kappa shape index (κ1) is 24.8. The van der Waals surface area contributed by atoms with Gasteiger partial charge in [-0.3, -0.25) is 4.90 Å². The van der Waals surface area contributed by atoms with E-state index in [1.165, 1.54) is 16.0 Å². The lowest BCUT2D eigenvalue weighted by molar-refractivity contribution is 0.249. The van der Waals surface area contributed by atoms with Crippen molar-refractivity contribution in [2.75, 3.05) is 22.5 Å². The molecule has 5 aromatic rings. The molecule has 0 amide bonds. The van der Waals surface area contributed by atoms with Gasteiger partial charge in [-0.25, -0.2) is 9.97 Å². The highest BCUT2D eigenvalue weighted by Gasteiger charge is 2.24. The number of halogens is 1. The van der Waals surface area contributed by atoms with E-state index in [0.29, 0.717) is 10.1 Å². The summed E-state index contributed by atoms with van der Waals surface area (Å²) in [5.74, 6) is 0.852. The number of nitrogens with zero attached hydrogens (tertiary/aromatic N) is 3. The van der Waals surface area contributed by atoms with E-state index in [1.54, 1.807) is 17.7 Å². The molecule has 6 rings (SSSR count). The van der Waals surface area contributed by atoms with Gasteiger partial charge in [0.2, 0.25) is 0 Å². The van der Waals surface area contributed by atoms with E-state index in [2.05, 4.69) is 61.2 Å². The molecular formula is C29H25ClN6S2. The number of hydrogen-bond acceptors (Lipinski definition) is 6. The van der Waals surface area contributed by atoms with E-state index in [4.69, 9.17) is 23.8 Å². The van der Waals surface area contributed by atoms with E-state index in [0.717, 1.165) is 59.2 Å². The van der Waals surface area contributed by atoms with Gasteiger partial charge in [0.15, 0.2) is 5.11 Å². The van der Waals surface area contributed by atoms with Crippen molar-refractivity contribution in [2.45, 2.75) is 19.5 Å². The first-order valence-electron chi connectivity index (χ1n) is 12.3. The van der Waals surface area contributed by atoms with Gasteiger partial charge in [0.25, 0.3) is 0 Å². The van der Waals surface area contributed by atoms with E-state index in [-0.39, 0.29) is 0 Å². The third-order valence-electron chi connectivity index (χ3n) is 6.47. The zero-order valence-electron chi connectivity index (χ0n) is 20.4. The Morgan fingerprint density at radius 3 is 2.32 bits per heavy atom. The van der Waals surface area contributed by atoms with Gasteiger partial charge >= 0.3 is 0 Å². The molecule has 0 spiro atoms. The highest BCUT2D eigenvalue weighted by atomic mass is 35.5. The van der Waals surface area contributed by atoms with Crippen molar-refractivity contribution in [1.82, 2.24) is 14.9 Å². The van der Waals surface area contributed by atoms with Gasteiger partial charge in [-0.05, 0) is 78.3 Å². The number of fused-ring (bicyclic) bond motifs is 3. The van der Waals surface area contributed by atoms with Crippen molar-refractivity contribution in [3.05, 3.63) is 106 Å². The third-order valence-corrected chi connectivity index (χ3v) is 8.05. The summed E-state index contributed by atoms with van der Waals surface area (Å²) in [7, 11) is 0. The van der Waals surface area contributed by atoms with Crippen molar-refractivity contribution >= 4 is 73.4 Å². The topological polar surface area (TPSA) is 65.1 Å². The monoisotopic (exact) mass is 556 g/mol. The van der Waals surface area contributed by atoms with Crippen LogP contribution in [0.3, 0.4) is 0 Å². The molecule has 3 aromatic carbocycles. The number of thiocarbonyl (C=S) groups is 1. The quantitative estimate of drug-likeness (QED) is 0.188. The number of rotatable bonds is 6. The van der Waals surface area contributed by atoms with E-state index in [1.807, 2.05) is 48.5 Å². The minimum atomic E-state index is 0.511. The largest absolute Gasteiger partial charge is 0.340 e. The lowest BCUT2D eigenvalue weighted by Gasteiger charge is -2.27. The van der Waals surface area contributed by atoms with Crippen molar-refractivity contribution in [3.63, 3.8) is 0 Å². The maximum atomic E-state index is 5.95. The van der Waals surface area contributed by atoms with Gasteiger partial charge < -0.3 is 16.0 Å². The summed E-state index contributed by atoms with van der Waals surface area (Å²) in [6.45, 7) is 2.92. The van der Waals surface area contributed by atoms with Crippen LogP contribution in [0.25, 0.3) is 10.2 Å². The van der Waals surface area contributed by atoms with Crippen LogP contribution < -0.4 is 16.0 Å². The normalized spacial score (nSPS) is 13.2. The molecule has 2 aromatic heterocycles. The number of aromatic nitrogens is 2. The van der Waals surface area contributed by atoms with Crippen LogP contribution in [0.4, 0.5) is 22.9 Å². The van der Waals surface area contributed by atoms with Crippen molar-refractivity contribution in [2.24, 2.45) is 0 Å². The van der Waals surface area contributed by atoms with E-state index < -0.39 is 0 Å². The molecule has 38 heavy (non-hydrogen) atoms. The van der Waals surface area contributed by atoms with Gasteiger partial charge in [-0.2, -0.15) is 0 Å². The minimum Gasteiger partial charge on any atom is -0.340 e.